The fraction of sp³-hybridized carbons (Fsp3) is 0.143. The number of ether oxygens (including phenoxy) is 1. The summed E-state index contributed by atoms with van der Waals surface area (Å²) in [4.78, 5) is 13.8. The van der Waals surface area contributed by atoms with Gasteiger partial charge in [0.15, 0.2) is 5.82 Å². The third-order valence-corrected chi connectivity index (χ3v) is 1.69. The normalized spacial score (nSPS) is 9.85. The van der Waals surface area contributed by atoms with E-state index in [-0.39, 0.29) is 5.56 Å². The fourth-order valence-electron chi connectivity index (χ4n) is 0.696. The second-order valence-electron chi connectivity index (χ2n) is 2.08. The minimum Gasteiger partial charge on any atom is -0.465 e. The number of carbonyl (C=O) groups is 1. The zero-order valence-corrected chi connectivity index (χ0v) is 7.23. The van der Waals surface area contributed by atoms with E-state index in [0.717, 1.165) is 13.3 Å². The number of carbonyl (C=O) groups excluding carboxylic acids is 1. The molecule has 0 aliphatic carbocycles. The van der Waals surface area contributed by atoms with Gasteiger partial charge in [0, 0.05) is 6.20 Å². The van der Waals surface area contributed by atoms with Crippen molar-refractivity contribution in [1.82, 2.24) is 4.98 Å². The van der Waals surface area contributed by atoms with Crippen molar-refractivity contribution >= 4 is 17.6 Å². The van der Waals surface area contributed by atoms with Crippen LogP contribution in [0.3, 0.4) is 0 Å². The second kappa shape index (κ2) is 3.66. The van der Waals surface area contributed by atoms with Gasteiger partial charge in [0.1, 0.15) is 0 Å². The summed E-state index contributed by atoms with van der Waals surface area (Å²) in [5, 5.41) is -0.626. The van der Waals surface area contributed by atoms with Gasteiger partial charge in [-0.25, -0.2) is 14.2 Å². The van der Waals surface area contributed by atoms with E-state index in [1.165, 1.54) is 0 Å². The summed E-state index contributed by atoms with van der Waals surface area (Å²) in [6.45, 7) is 0. The summed E-state index contributed by atoms with van der Waals surface area (Å²) >= 11 is 5.32. The maximum Gasteiger partial charge on any atom is 0.341 e. The molecular formula is C7H4ClF2NO2. The maximum atomic E-state index is 12.7. The van der Waals surface area contributed by atoms with Crippen molar-refractivity contribution in [2.24, 2.45) is 0 Å². The number of pyridine rings is 1. The lowest BCUT2D eigenvalue weighted by atomic mass is 10.3. The largest absolute Gasteiger partial charge is 0.465 e. The first-order chi connectivity index (χ1) is 6.07. The van der Waals surface area contributed by atoms with Crippen LogP contribution in [-0.2, 0) is 4.74 Å². The Morgan fingerprint density at radius 1 is 1.62 bits per heavy atom. The first kappa shape index (κ1) is 9.85. The molecule has 0 saturated carbocycles. The molecule has 1 aromatic rings. The Hall–Kier alpha value is -1.23. The van der Waals surface area contributed by atoms with Gasteiger partial charge in [0.05, 0.1) is 17.7 Å². The molecule has 6 heteroatoms. The minimum absolute atomic E-state index is 0.303. The van der Waals surface area contributed by atoms with Crippen LogP contribution in [0.25, 0.3) is 0 Å². The SMILES string of the molecule is COC(=O)c1cnc(F)c(F)c1Cl. The third-order valence-electron chi connectivity index (χ3n) is 1.32. The summed E-state index contributed by atoms with van der Waals surface area (Å²) in [6, 6.07) is 0. The van der Waals surface area contributed by atoms with Crippen molar-refractivity contribution in [1.29, 1.82) is 0 Å². The van der Waals surface area contributed by atoms with Gasteiger partial charge in [0.25, 0.3) is 5.95 Å². The Labute approximate surface area is 77.3 Å². The lowest BCUT2D eigenvalue weighted by Crippen LogP contribution is -2.05. The van der Waals surface area contributed by atoms with Crippen LogP contribution >= 0.6 is 11.6 Å². The highest BCUT2D eigenvalue weighted by Gasteiger charge is 2.18. The van der Waals surface area contributed by atoms with Crippen LogP contribution in [-0.4, -0.2) is 18.1 Å². The average molecular weight is 208 g/mol. The molecule has 13 heavy (non-hydrogen) atoms. The highest BCUT2D eigenvalue weighted by Crippen LogP contribution is 2.20. The Bertz CT molecular complexity index is 357. The Morgan fingerprint density at radius 3 is 2.77 bits per heavy atom. The molecule has 0 spiro atoms. The van der Waals surface area contributed by atoms with Crippen LogP contribution in [0, 0.1) is 11.8 Å². The van der Waals surface area contributed by atoms with Crippen molar-refractivity contribution in [2.45, 2.75) is 0 Å². The molecule has 70 valence electrons. The van der Waals surface area contributed by atoms with Crippen molar-refractivity contribution in [3.8, 4) is 0 Å². The number of methoxy groups -OCH3 is 1. The molecule has 0 fully saturated rings. The van der Waals surface area contributed by atoms with Crippen molar-refractivity contribution in [3.63, 3.8) is 0 Å². The van der Waals surface area contributed by atoms with Gasteiger partial charge in [0.2, 0.25) is 0 Å². The highest BCUT2D eigenvalue weighted by atomic mass is 35.5. The van der Waals surface area contributed by atoms with E-state index in [1.807, 2.05) is 0 Å². The van der Waals surface area contributed by atoms with E-state index in [1.54, 1.807) is 0 Å². The minimum atomic E-state index is -1.36. The number of hydrogen-bond acceptors (Lipinski definition) is 3. The monoisotopic (exact) mass is 207 g/mol. The molecule has 0 bridgehead atoms. The van der Waals surface area contributed by atoms with E-state index < -0.39 is 22.8 Å². The van der Waals surface area contributed by atoms with E-state index in [9.17, 15) is 13.6 Å². The van der Waals surface area contributed by atoms with Crippen LogP contribution in [0.2, 0.25) is 5.02 Å². The van der Waals surface area contributed by atoms with Crippen LogP contribution in [0.15, 0.2) is 6.20 Å². The Kier molecular flexibility index (Phi) is 2.77. The lowest BCUT2D eigenvalue weighted by Gasteiger charge is -2.01. The molecule has 0 amide bonds. The number of hydrogen-bond donors (Lipinski definition) is 0. The van der Waals surface area contributed by atoms with E-state index in [0.29, 0.717) is 0 Å². The van der Waals surface area contributed by atoms with Gasteiger partial charge < -0.3 is 4.74 Å². The molecule has 1 aromatic heterocycles. The first-order valence-electron chi connectivity index (χ1n) is 3.15. The third kappa shape index (κ3) is 1.75. The molecule has 0 saturated heterocycles. The smallest absolute Gasteiger partial charge is 0.341 e. The maximum absolute atomic E-state index is 12.7. The summed E-state index contributed by atoms with van der Waals surface area (Å²) < 4.78 is 29.4. The summed E-state index contributed by atoms with van der Waals surface area (Å²) in [5.74, 6) is -3.57. The molecule has 1 rings (SSSR count). The van der Waals surface area contributed by atoms with Crippen LogP contribution in [0.4, 0.5) is 8.78 Å². The predicted octanol–water partition coefficient (Wildman–Crippen LogP) is 1.80. The van der Waals surface area contributed by atoms with E-state index in [4.69, 9.17) is 11.6 Å². The Balaban J connectivity index is 3.26. The molecule has 1 heterocycles. The van der Waals surface area contributed by atoms with Gasteiger partial charge >= 0.3 is 5.97 Å². The molecule has 0 aromatic carbocycles. The van der Waals surface area contributed by atoms with Crippen LogP contribution in [0.1, 0.15) is 10.4 Å². The van der Waals surface area contributed by atoms with Crippen molar-refractivity contribution in [2.75, 3.05) is 7.11 Å². The zero-order chi connectivity index (χ0) is 10.0. The molecule has 0 N–H and O–H groups in total. The molecule has 3 nitrogen and oxygen atoms in total. The van der Waals surface area contributed by atoms with Crippen molar-refractivity contribution < 1.29 is 18.3 Å². The predicted molar refractivity (Wildman–Crippen MR) is 40.5 cm³/mol. The lowest BCUT2D eigenvalue weighted by molar-refractivity contribution is 0.0599. The van der Waals surface area contributed by atoms with E-state index >= 15 is 0 Å². The molecule has 0 aliphatic heterocycles. The average Bonchev–Trinajstić information content (AvgIpc) is 2.13. The molecule has 0 unspecified atom stereocenters. The number of aromatic nitrogens is 1. The van der Waals surface area contributed by atoms with Crippen molar-refractivity contribution in [3.05, 3.63) is 28.5 Å². The van der Waals surface area contributed by atoms with Crippen LogP contribution < -0.4 is 0 Å². The van der Waals surface area contributed by atoms with E-state index in [2.05, 4.69) is 9.72 Å². The standard InChI is InChI=1S/C7H4ClF2NO2/c1-13-7(12)3-2-11-6(10)5(9)4(3)8/h2H,1H3. The summed E-state index contributed by atoms with van der Waals surface area (Å²) in [6.07, 6.45) is 0.812. The zero-order valence-electron chi connectivity index (χ0n) is 6.47. The quantitative estimate of drug-likeness (QED) is 0.521. The number of esters is 1. The number of rotatable bonds is 1. The fourth-order valence-corrected chi connectivity index (χ4v) is 0.900. The topological polar surface area (TPSA) is 39.2 Å². The molecule has 0 radical (unpaired) electrons. The van der Waals surface area contributed by atoms with Gasteiger partial charge in [-0.05, 0) is 0 Å². The van der Waals surface area contributed by atoms with Gasteiger partial charge in [-0.15, -0.1) is 0 Å². The highest BCUT2D eigenvalue weighted by molar-refractivity contribution is 6.33. The second-order valence-corrected chi connectivity index (χ2v) is 2.46. The summed E-state index contributed by atoms with van der Waals surface area (Å²) in [5.41, 5.74) is -0.303. The molecular weight excluding hydrogens is 204 g/mol. The van der Waals surface area contributed by atoms with Gasteiger partial charge in [-0.2, -0.15) is 4.39 Å². The number of nitrogens with zero attached hydrogens (tertiary/aromatic N) is 1. The molecule has 0 atom stereocenters. The van der Waals surface area contributed by atoms with Gasteiger partial charge in [-0.1, -0.05) is 11.6 Å². The summed E-state index contributed by atoms with van der Waals surface area (Å²) in [7, 11) is 1.10. The Morgan fingerprint density at radius 2 is 2.23 bits per heavy atom. The van der Waals surface area contributed by atoms with Gasteiger partial charge in [-0.3, -0.25) is 0 Å². The van der Waals surface area contributed by atoms with Crippen LogP contribution in [0.5, 0.6) is 0 Å². The first-order valence-corrected chi connectivity index (χ1v) is 3.53. The number of halogens is 3. The molecule has 0 aliphatic rings.